The van der Waals surface area contributed by atoms with Gasteiger partial charge in [0.1, 0.15) is 12.4 Å². The molecule has 202 valence electrons. The number of benzene rings is 1. The lowest BCUT2D eigenvalue weighted by Gasteiger charge is -2.25. The van der Waals surface area contributed by atoms with Crippen LogP contribution < -0.4 is 0 Å². The van der Waals surface area contributed by atoms with Gasteiger partial charge in [-0.15, -0.1) is 0 Å². The molecule has 37 heavy (non-hydrogen) atoms. The number of allylic oxidation sites excluding steroid dienone is 1. The molecular weight excluding hydrogens is 469 g/mol. The van der Waals surface area contributed by atoms with E-state index in [4.69, 9.17) is 9.72 Å². The minimum absolute atomic E-state index is 0.156. The molecule has 1 atom stereocenters. The Bertz CT molecular complexity index is 1240. The fraction of sp³-hybridized carbons (Fsp3) is 0.516. The Morgan fingerprint density at radius 1 is 1.22 bits per heavy atom. The molecule has 0 amide bonds. The lowest BCUT2D eigenvalue weighted by Crippen LogP contribution is -2.34. The molecule has 0 fully saturated rings. The Morgan fingerprint density at radius 3 is 2.43 bits per heavy atom. The zero-order chi connectivity index (χ0) is 28.0. The molecule has 4 rings (SSSR count). The van der Waals surface area contributed by atoms with Crippen LogP contribution in [0.15, 0.2) is 23.3 Å². The Hall–Kier alpha value is -2.86. The molecule has 0 bridgehead atoms. The van der Waals surface area contributed by atoms with Crippen LogP contribution in [0.3, 0.4) is 0 Å². The first-order valence-electron chi connectivity index (χ1n) is 13.6. The Balaban J connectivity index is 0.00000115. The van der Waals surface area contributed by atoms with Crippen molar-refractivity contribution < 1.29 is 23.8 Å². The van der Waals surface area contributed by atoms with Crippen molar-refractivity contribution in [3.63, 3.8) is 0 Å². The number of nitrogens with zero attached hydrogens (tertiary/aromatic N) is 1. The number of pyridine rings is 1. The van der Waals surface area contributed by atoms with Crippen LogP contribution in [0.1, 0.15) is 89.8 Å². The normalized spacial score (nSPS) is 17.1. The highest BCUT2D eigenvalue weighted by molar-refractivity contribution is 6.01. The quantitative estimate of drug-likeness (QED) is 0.456. The molecule has 0 saturated heterocycles. The second-order valence-corrected chi connectivity index (χ2v) is 9.27. The summed E-state index contributed by atoms with van der Waals surface area (Å²) in [5, 5.41) is 11.6. The summed E-state index contributed by atoms with van der Waals surface area (Å²) in [6.07, 6.45) is 3.59. The molecule has 2 heterocycles. The van der Waals surface area contributed by atoms with Crippen LogP contribution in [0.2, 0.25) is 0 Å². The molecule has 2 aliphatic rings. The number of aromatic nitrogens is 1. The van der Waals surface area contributed by atoms with Gasteiger partial charge in [0.05, 0.1) is 11.2 Å². The van der Waals surface area contributed by atoms with E-state index in [9.17, 15) is 19.1 Å². The highest BCUT2D eigenvalue weighted by Crippen LogP contribution is 2.38. The summed E-state index contributed by atoms with van der Waals surface area (Å²) in [5.74, 6) is -1.49. The number of carbonyl (C=O) groups is 2. The van der Waals surface area contributed by atoms with Gasteiger partial charge in [-0.2, -0.15) is 0 Å². The van der Waals surface area contributed by atoms with E-state index in [0.29, 0.717) is 22.3 Å². The average molecular weight is 512 g/mol. The lowest BCUT2D eigenvalue weighted by molar-refractivity contribution is -0.152. The van der Waals surface area contributed by atoms with Crippen molar-refractivity contribution in [3.8, 4) is 0 Å². The molecule has 1 unspecified atom stereocenters. The van der Waals surface area contributed by atoms with Gasteiger partial charge in [0, 0.05) is 28.5 Å². The molecule has 1 aromatic carbocycles. The average Bonchev–Trinajstić information content (AvgIpc) is 2.91. The fourth-order valence-electron chi connectivity index (χ4n) is 5.06. The maximum atomic E-state index is 14.7. The van der Waals surface area contributed by atoms with E-state index in [0.717, 1.165) is 47.8 Å². The van der Waals surface area contributed by atoms with E-state index >= 15 is 0 Å². The van der Waals surface area contributed by atoms with E-state index < -0.39 is 12.1 Å². The maximum Gasteiger partial charge on any atom is 0.340 e. The van der Waals surface area contributed by atoms with Crippen molar-refractivity contribution >= 4 is 28.2 Å². The third-order valence-electron chi connectivity index (χ3n) is 6.82. The molecule has 1 aromatic heterocycles. The van der Waals surface area contributed by atoms with Crippen LogP contribution in [0.5, 0.6) is 0 Å². The van der Waals surface area contributed by atoms with Crippen LogP contribution in [-0.4, -0.2) is 34.6 Å². The monoisotopic (exact) mass is 511 g/mol. The number of hydrogen-bond donors (Lipinski definition) is 1. The number of aliphatic hydroxyl groups excluding tert-OH is 1. The van der Waals surface area contributed by atoms with Gasteiger partial charge in [0.25, 0.3) is 0 Å². The third-order valence-corrected chi connectivity index (χ3v) is 6.82. The molecule has 2 aromatic rings. The van der Waals surface area contributed by atoms with Crippen LogP contribution in [-0.2, 0) is 33.6 Å². The largest absolute Gasteiger partial charge is 0.458 e. The van der Waals surface area contributed by atoms with Gasteiger partial charge in [-0.25, -0.2) is 14.2 Å². The standard InChI is InChI=1S/C27H30FNO4.2C2H6/c1-6-16-18-9-7-8-17-15(5)21(28)11-22(23(17)18)29-24(16)14(4)10-19-20(25(30)13(2)3)12-33-27(32)26(19)31;2*1-2/h10-11,13,26,31H,6-9,12H2,1-5H3;2*1-2H3/b14-10+;;. The second kappa shape index (κ2) is 13.1. The van der Waals surface area contributed by atoms with Crippen molar-refractivity contribution in [2.45, 2.75) is 94.1 Å². The number of ether oxygens (including phenoxy) is 1. The van der Waals surface area contributed by atoms with Crippen molar-refractivity contribution in [3.05, 3.63) is 57.1 Å². The molecular formula is C31H42FNO4. The summed E-state index contributed by atoms with van der Waals surface area (Å²) in [7, 11) is 0. The van der Waals surface area contributed by atoms with E-state index in [1.54, 1.807) is 19.9 Å². The number of rotatable bonds is 5. The maximum absolute atomic E-state index is 14.7. The van der Waals surface area contributed by atoms with Crippen LogP contribution in [0.25, 0.3) is 16.5 Å². The molecule has 1 N–H and O–H groups in total. The number of Topliss-reactive ketones (excluding diaryl/α,β-unsaturated/α-hetero) is 1. The highest BCUT2D eigenvalue weighted by atomic mass is 19.1. The summed E-state index contributed by atoms with van der Waals surface area (Å²) < 4.78 is 19.7. The Kier molecular flexibility index (Phi) is 10.7. The van der Waals surface area contributed by atoms with Gasteiger partial charge in [-0.1, -0.05) is 54.5 Å². The summed E-state index contributed by atoms with van der Waals surface area (Å²) in [6, 6.07) is 1.50. The van der Waals surface area contributed by atoms with E-state index in [-0.39, 0.29) is 29.7 Å². The third kappa shape index (κ3) is 5.85. The predicted molar refractivity (Wildman–Crippen MR) is 148 cm³/mol. The molecule has 1 aliphatic carbocycles. The molecule has 1 aliphatic heterocycles. The Labute approximate surface area is 220 Å². The molecule has 0 spiro atoms. The minimum Gasteiger partial charge on any atom is -0.458 e. The van der Waals surface area contributed by atoms with Gasteiger partial charge < -0.3 is 9.84 Å². The summed E-state index contributed by atoms with van der Waals surface area (Å²) in [4.78, 5) is 29.7. The van der Waals surface area contributed by atoms with Gasteiger partial charge in [-0.3, -0.25) is 4.79 Å². The van der Waals surface area contributed by atoms with E-state index in [2.05, 4.69) is 6.92 Å². The van der Waals surface area contributed by atoms with Gasteiger partial charge in [-0.05, 0) is 67.4 Å². The van der Waals surface area contributed by atoms with Crippen molar-refractivity contribution in [1.29, 1.82) is 0 Å². The van der Waals surface area contributed by atoms with Crippen molar-refractivity contribution in [2.75, 3.05) is 6.61 Å². The second-order valence-electron chi connectivity index (χ2n) is 9.27. The predicted octanol–water partition coefficient (Wildman–Crippen LogP) is 6.63. The smallest absolute Gasteiger partial charge is 0.340 e. The van der Waals surface area contributed by atoms with Crippen LogP contribution in [0, 0.1) is 18.7 Å². The highest BCUT2D eigenvalue weighted by Gasteiger charge is 2.33. The number of carbonyl (C=O) groups excluding carboxylic acids is 2. The first-order chi connectivity index (χ1) is 17.6. The number of hydrogen-bond acceptors (Lipinski definition) is 5. The van der Waals surface area contributed by atoms with E-state index in [1.165, 1.54) is 11.6 Å². The number of halogens is 1. The van der Waals surface area contributed by atoms with Gasteiger partial charge >= 0.3 is 5.97 Å². The number of esters is 1. The van der Waals surface area contributed by atoms with Crippen molar-refractivity contribution in [2.24, 2.45) is 5.92 Å². The van der Waals surface area contributed by atoms with Gasteiger partial charge in [0.15, 0.2) is 11.9 Å². The zero-order valence-electron chi connectivity index (χ0n) is 23.8. The van der Waals surface area contributed by atoms with E-state index in [1.807, 2.05) is 41.5 Å². The number of aliphatic hydroxyl groups is 1. The molecule has 0 radical (unpaired) electrons. The number of cyclic esters (lactones) is 1. The summed E-state index contributed by atoms with van der Waals surface area (Å²) >= 11 is 0. The number of aryl methyl sites for hydroxylation is 2. The molecule has 5 nitrogen and oxygen atoms in total. The number of ketones is 1. The Morgan fingerprint density at radius 2 is 1.84 bits per heavy atom. The molecule has 6 heteroatoms. The minimum atomic E-state index is -1.53. The van der Waals surface area contributed by atoms with Gasteiger partial charge in [0.2, 0.25) is 0 Å². The van der Waals surface area contributed by atoms with Crippen LogP contribution in [0.4, 0.5) is 4.39 Å². The topological polar surface area (TPSA) is 76.5 Å². The SMILES string of the molecule is CC.CC.CCc1c(/C(C)=C/C2=C(C(=O)C(C)C)COC(=O)C2O)nc2cc(F)c(C)c3c2c1CCC3. The lowest BCUT2D eigenvalue weighted by atomic mass is 9.83. The summed E-state index contributed by atoms with van der Waals surface area (Å²) in [6.45, 7) is 17.1. The first kappa shape index (κ1) is 30.4. The summed E-state index contributed by atoms with van der Waals surface area (Å²) in [5.41, 5.74) is 6.65. The first-order valence-corrected chi connectivity index (χ1v) is 13.6. The van der Waals surface area contributed by atoms with Crippen molar-refractivity contribution in [1.82, 2.24) is 4.98 Å². The van der Waals surface area contributed by atoms with Crippen LogP contribution >= 0.6 is 0 Å². The zero-order valence-corrected chi connectivity index (χ0v) is 23.8. The molecule has 0 saturated carbocycles. The fourth-order valence-corrected chi connectivity index (χ4v) is 5.06.